The molecule has 0 saturated heterocycles. The highest BCUT2D eigenvalue weighted by Crippen LogP contribution is 2.38. The number of nitrogens with zero attached hydrogens (tertiary/aromatic N) is 1. The standard InChI is InChI=1S/C19H18F6N2O3S/c1-10-8-14(18(26)28)27-9-11(10)17(15-12(21)2-3-13(22)16(15)23)31(29,30)7-5-19(24,25)4-6-20/h2-3,8-9,17H,4-7H2,1H3,(H2,26,28). The van der Waals surface area contributed by atoms with Crippen molar-refractivity contribution in [2.45, 2.75) is 30.9 Å². The molecule has 12 heteroatoms. The van der Waals surface area contributed by atoms with E-state index in [-0.39, 0.29) is 16.8 Å². The van der Waals surface area contributed by atoms with Gasteiger partial charge >= 0.3 is 0 Å². The molecule has 0 fully saturated rings. The van der Waals surface area contributed by atoms with Crippen molar-refractivity contribution in [2.24, 2.45) is 5.73 Å². The Morgan fingerprint density at radius 2 is 1.77 bits per heavy atom. The first-order valence-corrected chi connectivity index (χ1v) is 10.6. The molecular formula is C19H18F6N2O3S. The van der Waals surface area contributed by atoms with E-state index in [0.29, 0.717) is 12.1 Å². The monoisotopic (exact) mass is 468 g/mol. The SMILES string of the molecule is Cc1cc(C(N)=O)ncc1C(c1c(F)ccc(F)c1F)S(=O)(=O)CCC(F)(F)CCF. The Morgan fingerprint density at radius 1 is 1.16 bits per heavy atom. The van der Waals surface area contributed by atoms with Gasteiger partial charge in [-0.2, -0.15) is 0 Å². The van der Waals surface area contributed by atoms with Crippen LogP contribution in [0.4, 0.5) is 26.3 Å². The van der Waals surface area contributed by atoms with Gasteiger partial charge in [0.2, 0.25) is 0 Å². The van der Waals surface area contributed by atoms with Crippen molar-refractivity contribution in [1.82, 2.24) is 4.98 Å². The molecule has 0 aliphatic heterocycles. The summed E-state index contributed by atoms with van der Waals surface area (Å²) in [4.78, 5) is 14.9. The van der Waals surface area contributed by atoms with E-state index in [4.69, 9.17) is 5.73 Å². The first-order valence-electron chi connectivity index (χ1n) is 8.86. The Kier molecular flexibility index (Phi) is 7.35. The highest BCUT2D eigenvalue weighted by molar-refractivity contribution is 7.91. The number of halogens is 6. The van der Waals surface area contributed by atoms with E-state index in [2.05, 4.69) is 4.98 Å². The first-order chi connectivity index (χ1) is 14.3. The van der Waals surface area contributed by atoms with Crippen molar-refractivity contribution in [2.75, 3.05) is 12.4 Å². The van der Waals surface area contributed by atoms with Gasteiger partial charge in [0.25, 0.3) is 11.8 Å². The van der Waals surface area contributed by atoms with Gasteiger partial charge in [0.15, 0.2) is 21.5 Å². The maximum atomic E-state index is 14.5. The Balaban J connectivity index is 2.68. The normalized spacial score (nSPS) is 13.3. The molecule has 1 amide bonds. The minimum atomic E-state index is -4.80. The average molecular weight is 468 g/mol. The maximum absolute atomic E-state index is 14.5. The Bertz CT molecular complexity index is 1090. The lowest BCUT2D eigenvalue weighted by Gasteiger charge is -2.23. The number of hydrogen-bond acceptors (Lipinski definition) is 4. The second kappa shape index (κ2) is 9.25. The molecule has 0 aliphatic rings. The third-order valence-corrected chi connectivity index (χ3v) is 6.58. The number of rotatable bonds is 9. The van der Waals surface area contributed by atoms with Gasteiger partial charge in [-0.1, -0.05) is 0 Å². The largest absolute Gasteiger partial charge is 0.364 e. The quantitative estimate of drug-likeness (QED) is 0.448. The van der Waals surface area contributed by atoms with Gasteiger partial charge in [-0.3, -0.25) is 14.2 Å². The second-order valence-corrected chi connectivity index (χ2v) is 9.04. The molecule has 0 aliphatic carbocycles. The maximum Gasteiger partial charge on any atom is 0.267 e. The molecule has 1 atom stereocenters. The number of primary amides is 1. The Morgan fingerprint density at radius 3 is 2.32 bits per heavy atom. The zero-order chi connectivity index (χ0) is 23.6. The molecule has 5 nitrogen and oxygen atoms in total. The number of alkyl halides is 3. The van der Waals surface area contributed by atoms with Crippen LogP contribution in [-0.4, -0.2) is 37.7 Å². The van der Waals surface area contributed by atoms with E-state index >= 15 is 0 Å². The summed E-state index contributed by atoms with van der Waals surface area (Å²) in [7, 11) is -4.80. The number of carbonyl (C=O) groups is 1. The lowest BCUT2D eigenvalue weighted by molar-refractivity contribution is -0.0158. The molecule has 0 bridgehead atoms. The van der Waals surface area contributed by atoms with Gasteiger partial charge in [0.1, 0.15) is 16.8 Å². The van der Waals surface area contributed by atoms with Crippen molar-refractivity contribution >= 4 is 15.7 Å². The lowest BCUT2D eigenvalue weighted by Crippen LogP contribution is -2.27. The molecule has 1 unspecified atom stereocenters. The van der Waals surface area contributed by atoms with Crippen LogP contribution in [0, 0.1) is 24.4 Å². The predicted molar refractivity (Wildman–Crippen MR) is 99.6 cm³/mol. The highest BCUT2D eigenvalue weighted by Gasteiger charge is 2.39. The van der Waals surface area contributed by atoms with Crippen LogP contribution in [0.5, 0.6) is 0 Å². The van der Waals surface area contributed by atoms with E-state index in [1.165, 1.54) is 6.92 Å². The molecule has 2 aromatic rings. The number of aromatic nitrogens is 1. The Hall–Kier alpha value is -2.63. The van der Waals surface area contributed by atoms with Crippen LogP contribution in [-0.2, 0) is 9.84 Å². The number of benzene rings is 1. The third kappa shape index (κ3) is 5.54. The summed E-state index contributed by atoms with van der Waals surface area (Å²) in [5.41, 5.74) is 3.23. The molecule has 170 valence electrons. The van der Waals surface area contributed by atoms with Crippen molar-refractivity contribution in [1.29, 1.82) is 0 Å². The van der Waals surface area contributed by atoms with Gasteiger partial charge < -0.3 is 5.73 Å². The molecule has 31 heavy (non-hydrogen) atoms. The summed E-state index contributed by atoms with van der Waals surface area (Å²) in [6.07, 6.45) is -1.74. The number of pyridine rings is 1. The molecular weight excluding hydrogens is 450 g/mol. The third-order valence-electron chi connectivity index (χ3n) is 4.60. The minimum Gasteiger partial charge on any atom is -0.364 e. The van der Waals surface area contributed by atoms with Crippen LogP contribution in [0.2, 0.25) is 0 Å². The number of sulfone groups is 1. The second-order valence-electron chi connectivity index (χ2n) is 6.84. The topological polar surface area (TPSA) is 90.1 Å². The van der Waals surface area contributed by atoms with Crippen LogP contribution in [0.3, 0.4) is 0 Å². The summed E-state index contributed by atoms with van der Waals surface area (Å²) >= 11 is 0. The van der Waals surface area contributed by atoms with Crippen LogP contribution in [0.25, 0.3) is 0 Å². The summed E-state index contributed by atoms with van der Waals surface area (Å²) in [6.45, 7) is -0.125. The highest BCUT2D eigenvalue weighted by atomic mass is 32.2. The van der Waals surface area contributed by atoms with Gasteiger partial charge in [-0.05, 0) is 36.2 Å². The number of amides is 1. The molecule has 0 spiro atoms. The van der Waals surface area contributed by atoms with E-state index in [0.717, 1.165) is 12.3 Å². The number of carbonyl (C=O) groups excluding carboxylic acids is 1. The fourth-order valence-electron chi connectivity index (χ4n) is 2.96. The molecule has 2 rings (SSSR count). The van der Waals surface area contributed by atoms with Crippen LogP contribution < -0.4 is 5.73 Å². The van der Waals surface area contributed by atoms with E-state index < -0.39 is 75.2 Å². The summed E-state index contributed by atoms with van der Waals surface area (Å²) < 4.78 is 108. The molecule has 1 aromatic heterocycles. The van der Waals surface area contributed by atoms with Crippen LogP contribution in [0.15, 0.2) is 24.4 Å². The summed E-state index contributed by atoms with van der Waals surface area (Å²) in [6, 6.07) is 1.98. The molecule has 1 heterocycles. The van der Waals surface area contributed by atoms with Crippen molar-refractivity contribution < 1.29 is 39.6 Å². The van der Waals surface area contributed by atoms with Gasteiger partial charge in [0.05, 0.1) is 12.4 Å². The smallest absolute Gasteiger partial charge is 0.267 e. The van der Waals surface area contributed by atoms with Crippen molar-refractivity contribution in [3.05, 3.63) is 64.2 Å². The van der Waals surface area contributed by atoms with Gasteiger partial charge in [0, 0.05) is 24.6 Å². The van der Waals surface area contributed by atoms with Crippen molar-refractivity contribution in [3.63, 3.8) is 0 Å². The first kappa shape index (κ1) is 24.6. The van der Waals surface area contributed by atoms with E-state index in [1.54, 1.807) is 0 Å². The lowest BCUT2D eigenvalue weighted by atomic mass is 10.00. The van der Waals surface area contributed by atoms with Crippen molar-refractivity contribution in [3.8, 4) is 0 Å². The average Bonchev–Trinajstić information content (AvgIpc) is 2.67. The fourth-order valence-corrected chi connectivity index (χ4v) is 4.99. The predicted octanol–water partition coefficient (Wildman–Crippen LogP) is 3.80. The molecule has 1 aromatic carbocycles. The molecule has 0 radical (unpaired) electrons. The van der Waals surface area contributed by atoms with Crippen LogP contribution >= 0.6 is 0 Å². The fraction of sp³-hybridized carbons (Fsp3) is 0.368. The summed E-state index contributed by atoms with van der Waals surface area (Å²) in [5, 5.41) is -2.25. The zero-order valence-corrected chi connectivity index (χ0v) is 17.0. The van der Waals surface area contributed by atoms with Gasteiger partial charge in [-0.15, -0.1) is 0 Å². The minimum absolute atomic E-state index is 0.00375. The van der Waals surface area contributed by atoms with E-state index in [9.17, 15) is 39.6 Å². The molecule has 2 N–H and O–H groups in total. The Labute approximate surface area is 174 Å². The van der Waals surface area contributed by atoms with Crippen LogP contribution in [0.1, 0.15) is 45.3 Å². The number of hydrogen-bond donors (Lipinski definition) is 1. The number of aryl methyl sites for hydroxylation is 1. The number of nitrogens with two attached hydrogens (primary N) is 1. The zero-order valence-electron chi connectivity index (χ0n) is 16.1. The van der Waals surface area contributed by atoms with Gasteiger partial charge in [-0.25, -0.2) is 30.4 Å². The summed E-state index contributed by atoms with van der Waals surface area (Å²) in [5.74, 6) is -10.7. The van der Waals surface area contributed by atoms with E-state index in [1.807, 2.05) is 0 Å². The molecule has 0 saturated carbocycles.